The highest BCUT2D eigenvalue weighted by Crippen LogP contribution is 2.19. The van der Waals surface area contributed by atoms with Crippen LogP contribution >= 0.6 is 0 Å². The lowest BCUT2D eigenvalue weighted by molar-refractivity contribution is -0.135. The molecule has 4 atom stereocenters. The van der Waals surface area contributed by atoms with Crippen LogP contribution in [0, 0.1) is 0 Å². The Kier molecular flexibility index (Phi) is 17.1. The smallest absolute Gasteiger partial charge is 0.249 e. The predicted octanol–water partition coefficient (Wildman–Crippen LogP) is -2.38. The van der Waals surface area contributed by atoms with Crippen molar-refractivity contribution < 1.29 is 28.8 Å². The van der Waals surface area contributed by atoms with Crippen LogP contribution < -0.4 is 55.3 Å². The van der Waals surface area contributed by atoms with Crippen molar-refractivity contribution >= 4 is 58.3 Å². The number of aromatic nitrogens is 1. The summed E-state index contributed by atoms with van der Waals surface area (Å²) in [7, 11) is 0. The fraction of sp³-hybridized carbons (Fsp3) is 0.389. The third-order valence-electron chi connectivity index (χ3n) is 8.26. The van der Waals surface area contributed by atoms with E-state index in [1.54, 1.807) is 6.20 Å². The topological polar surface area (TPSA) is 333 Å². The minimum atomic E-state index is -1.25. The summed E-state index contributed by atoms with van der Waals surface area (Å²) in [5.74, 6) is -4.46. The summed E-state index contributed by atoms with van der Waals surface area (Å²) in [6, 6.07) is 11.9. The Morgan fingerprint density at radius 2 is 1.25 bits per heavy atom. The van der Waals surface area contributed by atoms with E-state index >= 15 is 0 Å². The minimum Gasteiger partial charge on any atom is -0.370 e. The van der Waals surface area contributed by atoms with Gasteiger partial charge in [0.15, 0.2) is 11.9 Å². The number of carbonyl (C=O) groups is 6. The quantitative estimate of drug-likeness (QED) is 0.0309. The van der Waals surface area contributed by atoms with Crippen molar-refractivity contribution in [3.8, 4) is 0 Å². The molecule has 3 rings (SSSR count). The van der Waals surface area contributed by atoms with Gasteiger partial charge in [0.1, 0.15) is 18.1 Å². The standard InChI is InChI=1S/C36H51N13O6/c1-21(50)46-34(55)29(18-23-19-44-26-12-6-5-11-24(23)26)49-33(54)28(14-8-16-43-36(40)41)48-32(53)27(13-7-15-42-35(38)39)47-30(51)20-45-31(52)25(37)17-22-9-3-2-4-10-22/h2-6,9-12,19,25,27-29,44H,7-8,13-18,20,37H2,1H3,(H,45,52)(H,47,51)(H,48,53)(H,49,54)(H4,38,39,42)(H4,40,41,43)(H,46,50,55)/t25-,27-,28-,29-/m0/s1. The van der Waals surface area contributed by atoms with Crippen molar-refractivity contribution in [3.05, 3.63) is 71.9 Å². The van der Waals surface area contributed by atoms with Gasteiger partial charge in [0.2, 0.25) is 35.4 Å². The van der Waals surface area contributed by atoms with Crippen LogP contribution in [0.2, 0.25) is 0 Å². The van der Waals surface area contributed by atoms with Crippen LogP contribution in [-0.2, 0) is 41.6 Å². The Morgan fingerprint density at radius 3 is 1.85 bits per heavy atom. The second kappa shape index (κ2) is 21.9. The molecule has 6 amide bonds. The third-order valence-corrected chi connectivity index (χ3v) is 8.26. The molecular weight excluding hydrogens is 710 g/mol. The van der Waals surface area contributed by atoms with Crippen LogP contribution in [0.5, 0.6) is 0 Å². The highest BCUT2D eigenvalue weighted by Gasteiger charge is 2.30. The Morgan fingerprint density at radius 1 is 0.691 bits per heavy atom. The molecular formula is C36H51N13O6. The number of H-pyrrole nitrogens is 1. The van der Waals surface area contributed by atoms with Crippen molar-refractivity contribution in [3.63, 3.8) is 0 Å². The number of hydrogen-bond acceptors (Lipinski definition) is 9. The lowest BCUT2D eigenvalue weighted by Gasteiger charge is -2.25. The van der Waals surface area contributed by atoms with Gasteiger partial charge in [0, 0.05) is 43.5 Å². The number of rotatable bonds is 21. The van der Waals surface area contributed by atoms with E-state index in [0.717, 1.165) is 16.5 Å². The van der Waals surface area contributed by atoms with Gasteiger partial charge in [-0.25, -0.2) is 0 Å². The first-order chi connectivity index (χ1) is 26.2. The average Bonchev–Trinajstić information content (AvgIpc) is 3.55. The molecule has 16 N–H and O–H groups in total. The van der Waals surface area contributed by atoms with Crippen LogP contribution in [0.1, 0.15) is 43.7 Å². The largest absolute Gasteiger partial charge is 0.370 e. The summed E-state index contributed by atoms with van der Waals surface area (Å²) in [4.78, 5) is 89.3. The van der Waals surface area contributed by atoms with Crippen molar-refractivity contribution in [2.45, 2.75) is 69.6 Å². The molecule has 296 valence electrons. The van der Waals surface area contributed by atoms with Crippen molar-refractivity contribution in [2.75, 3.05) is 19.6 Å². The first kappa shape index (κ1) is 42.9. The SMILES string of the molecule is CC(=O)NC(=O)[C@H](Cc1c[nH]c2ccccc12)NC(=O)[C@H](CCCN=C(N)N)NC(=O)[C@H](CCCN=C(N)N)NC(=O)CNC(=O)[C@@H](N)Cc1ccccc1. The first-order valence-corrected chi connectivity index (χ1v) is 17.7. The fourth-order valence-electron chi connectivity index (χ4n) is 5.58. The number of nitrogens with one attached hydrogen (secondary N) is 6. The van der Waals surface area contributed by atoms with E-state index in [4.69, 9.17) is 28.7 Å². The average molecular weight is 762 g/mol. The molecule has 0 fully saturated rings. The van der Waals surface area contributed by atoms with Crippen LogP contribution in [0.25, 0.3) is 10.9 Å². The summed E-state index contributed by atoms with van der Waals surface area (Å²) < 4.78 is 0. The van der Waals surface area contributed by atoms with E-state index in [2.05, 4.69) is 41.6 Å². The molecule has 0 aliphatic heterocycles. The van der Waals surface area contributed by atoms with Crippen LogP contribution in [0.3, 0.4) is 0 Å². The van der Waals surface area contributed by atoms with Crippen molar-refractivity contribution in [1.82, 2.24) is 31.6 Å². The van der Waals surface area contributed by atoms with Gasteiger partial charge in [-0.1, -0.05) is 48.5 Å². The van der Waals surface area contributed by atoms with Gasteiger partial charge < -0.3 is 54.9 Å². The number of guanidine groups is 2. The molecule has 19 nitrogen and oxygen atoms in total. The van der Waals surface area contributed by atoms with E-state index in [0.29, 0.717) is 5.56 Å². The summed E-state index contributed by atoms with van der Waals surface area (Å²) in [5, 5.41) is 13.5. The molecule has 0 bridgehead atoms. The Hall–Kier alpha value is -6.50. The number of aliphatic imine (C=N–C) groups is 2. The number of para-hydroxylation sites is 1. The van der Waals surface area contributed by atoms with E-state index in [1.165, 1.54) is 6.92 Å². The number of hydrogen-bond donors (Lipinski definition) is 11. The molecule has 0 saturated carbocycles. The molecule has 3 aromatic rings. The normalized spacial score (nSPS) is 12.9. The number of imide groups is 1. The zero-order chi connectivity index (χ0) is 40.3. The maximum absolute atomic E-state index is 13.9. The van der Waals surface area contributed by atoms with Gasteiger partial charge in [0.05, 0.1) is 12.6 Å². The van der Waals surface area contributed by atoms with Crippen LogP contribution in [-0.4, -0.2) is 96.1 Å². The second-order valence-corrected chi connectivity index (χ2v) is 12.8. The van der Waals surface area contributed by atoms with Gasteiger partial charge >= 0.3 is 0 Å². The third kappa shape index (κ3) is 15.2. The Bertz CT molecular complexity index is 1840. The minimum absolute atomic E-state index is 0.00767. The molecule has 55 heavy (non-hydrogen) atoms. The maximum Gasteiger partial charge on any atom is 0.249 e. The molecule has 1 aromatic heterocycles. The fourth-order valence-corrected chi connectivity index (χ4v) is 5.58. The molecule has 0 unspecified atom stereocenters. The van der Waals surface area contributed by atoms with Gasteiger partial charge in [-0.3, -0.25) is 44.1 Å². The highest BCUT2D eigenvalue weighted by molar-refractivity contribution is 6.00. The zero-order valence-corrected chi connectivity index (χ0v) is 30.7. The summed E-state index contributed by atoms with van der Waals surface area (Å²) in [5.41, 5.74) is 30.2. The Labute approximate surface area is 318 Å². The maximum atomic E-state index is 13.9. The summed E-state index contributed by atoms with van der Waals surface area (Å²) >= 11 is 0. The van der Waals surface area contributed by atoms with E-state index in [-0.39, 0.29) is 63.5 Å². The molecule has 0 saturated heterocycles. The van der Waals surface area contributed by atoms with Crippen molar-refractivity contribution in [1.29, 1.82) is 0 Å². The van der Waals surface area contributed by atoms with Gasteiger partial charge in [-0.05, 0) is 49.3 Å². The number of amides is 6. The van der Waals surface area contributed by atoms with Crippen molar-refractivity contribution in [2.24, 2.45) is 38.7 Å². The molecule has 0 aliphatic carbocycles. The van der Waals surface area contributed by atoms with E-state index < -0.39 is 66.2 Å². The van der Waals surface area contributed by atoms with Gasteiger partial charge in [-0.2, -0.15) is 0 Å². The monoisotopic (exact) mass is 761 g/mol. The van der Waals surface area contributed by atoms with Gasteiger partial charge in [0.25, 0.3) is 0 Å². The summed E-state index contributed by atoms with van der Waals surface area (Å²) in [6.07, 6.45) is 2.51. The second-order valence-electron chi connectivity index (χ2n) is 12.8. The number of carbonyl (C=O) groups excluding carboxylic acids is 6. The number of nitrogens with zero attached hydrogens (tertiary/aromatic N) is 2. The molecule has 2 aromatic carbocycles. The summed E-state index contributed by atoms with van der Waals surface area (Å²) in [6.45, 7) is 0.941. The Balaban J connectivity index is 1.78. The number of benzene rings is 2. The van der Waals surface area contributed by atoms with Crippen LogP contribution in [0.15, 0.2) is 70.8 Å². The first-order valence-electron chi connectivity index (χ1n) is 17.7. The molecule has 1 heterocycles. The number of nitrogens with two attached hydrogens (primary N) is 5. The highest BCUT2D eigenvalue weighted by atomic mass is 16.2. The van der Waals surface area contributed by atoms with Crippen LogP contribution in [0.4, 0.5) is 0 Å². The van der Waals surface area contributed by atoms with E-state index in [9.17, 15) is 28.8 Å². The predicted molar refractivity (Wildman–Crippen MR) is 208 cm³/mol. The van der Waals surface area contributed by atoms with E-state index in [1.807, 2.05) is 54.6 Å². The molecule has 19 heteroatoms. The number of aromatic amines is 1. The van der Waals surface area contributed by atoms with Gasteiger partial charge in [-0.15, -0.1) is 0 Å². The lowest BCUT2D eigenvalue weighted by Crippen LogP contribution is -2.58. The number of fused-ring (bicyclic) bond motifs is 1. The molecule has 0 radical (unpaired) electrons. The lowest BCUT2D eigenvalue weighted by atomic mass is 10.0. The molecule has 0 spiro atoms. The zero-order valence-electron chi connectivity index (χ0n) is 30.7. The molecule has 0 aliphatic rings.